The van der Waals surface area contributed by atoms with E-state index in [1.54, 1.807) is 36.1 Å². The lowest BCUT2D eigenvalue weighted by molar-refractivity contribution is -0.132. The topological polar surface area (TPSA) is 116 Å². The highest BCUT2D eigenvalue weighted by molar-refractivity contribution is 5.93. The van der Waals surface area contributed by atoms with E-state index >= 15 is 0 Å². The Balaban J connectivity index is 1.80. The molecule has 8 nitrogen and oxygen atoms in total. The molecule has 1 aromatic carbocycles. The van der Waals surface area contributed by atoms with Crippen LogP contribution in [-0.4, -0.2) is 60.4 Å². The van der Waals surface area contributed by atoms with Crippen LogP contribution in [0.15, 0.2) is 36.1 Å². The first-order chi connectivity index (χ1) is 13.1. The molecular weight excluding hydrogens is 350 g/mol. The van der Waals surface area contributed by atoms with E-state index in [-0.39, 0.29) is 36.9 Å². The summed E-state index contributed by atoms with van der Waals surface area (Å²) in [4.78, 5) is 13.9. The minimum absolute atomic E-state index is 0.0383. The molecule has 1 heterocycles. The van der Waals surface area contributed by atoms with E-state index in [0.29, 0.717) is 31.9 Å². The fourth-order valence-corrected chi connectivity index (χ4v) is 2.62. The Morgan fingerprint density at radius 3 is 2.74 bits per heavy atom. The number of aliphatic hydroxyl groups is 1. The van der Waals surface area contributed by atoms with Crippen molar-refractivity contribution in [3.05, 3.63) is 41.7 Å². The van der Waals surface area contributed by atoms with E-state index in [9.17, 15) is 4.79 Å². The Labute approximate surface area is 158 Å². The first kappa shape index (κ1) is 20.4. The molecule has 1 fully saturated rings. The van der Waals surface area contributed by atoms with Gasteiger partial charge in [-0.25, -0.2) is 0 Å². The molecule has 1 unspecified atom stereocenters. The first-order valence-corrected chi connectivity index (χ1v) is 8.76. The summed E-state index contributed by atoms with van der Waals surface area (Å²) in [7, 11) is 0. The summed E-state index contributed by atoms with van der Waals surface area (Å²) in [6.45, 7) is 2.94. The molecule has 1 aliphatic heterocycles. The summed E-state index contributed by atoms with van der Waals surface area (Å²) in [6, 6.07) is 6.90. The van der Waals surface area contributed by atoms with Gasteiger partial charge < -0.3 is 29.6 Å². The molecule has 1 atom stereocenters. The Bertz CT molecular complexity index is 687. The average molecular weight is 375 g/mol. The first-order valence-electron chi connectivity index (χ1n) is 8.76. The van der Waals surface area contributed by atoms with E-state index in [2.05, 4.69) is 0 Å². The van der Waals surface area contributed by atoms with Crippen molar-refractivity contribution in [3.8, 4) is 5.75 Å². The molecule has 1 amide bonds. The lowest BCUT2D eigenvalue weighted by atomic mass is 10.2. The minimum Gasteiger partial charge on any atom is -0.488 e. The molecule has 0 saturated carbocycles. The summed E-state index contributed by atoms with van der Waals surface area (Å²) < 4.78 is 16.3. The molecule has 0 aliphatic carbocycles. The van der Waals surface area contributed by atoms with Crippen LogP contribution in [0.5, 0.6) is 5.75 Å². The third kappa shape index (κ3) is 6.10. The summed E-state index contributed by atoms with van der Waals surface area (Å²) in [5, 5.41) is 24.1. The predicted molar refractivity (Wildman–Crippen MR) is 100 cm³/mol. The number of nitrogens with one attached hydrogen (secondary N) is 2. The van der Waals surface area contributed by atoms with Gasteiger partial charge in [-0.15, -0.1) is 0 Å². The van der Waals surface area contributed by atoms with E-state index in [0.717, 1.165) is 11.8 Å². The average Bonchev–Trinajstić information content (AvgIpc) is 3.15. The van der Waals surface area contributed by atoms with Crippen molar-refractivity contribution >= 4 is 18.0 Å². The molecule has 8 heteroatoms. The molecule has 0 spiro atoms. The smallest absolute Gasteiger partial charge is 0.260 e. The van der Waals surface area contributed by atoms with Crippen LogP contribution in [-0.2, 0) is 20.9 Å². The number of nitrogens with zero attached hydrogens (tertiary/aromatic N) is 1. The third-order valence-corrected chi connectivity index (χ3v) is 4.01. The Morgan fingerprint density at radius 2 is 2.11 bits per heavy atom. The Hall–Kier alpha value is -2.87. The summed E-state index contributed by atoms with van der Waals surface area (Å²) in [5.74, 6) is 0.471. The number of carbonyl (C=O) groups is 1. The molecule has 1 saturated heterocycles. The lowest BCUT2D eigenvalue weighted by Gasteiger charge is -2.18. The summed E-state index contributed by atoms with van der Waals surface area (Å²) in [6.07, 6.45) is 2.72. The number of likely N-dealkylation sites (tertiary alicyclic amines) is 1. The number of amides is 1. The van der Waals surface area contributed by atoms with Crippen molar-refractivity contribution < 1.29 is 24.1 Å². The third-order valence-electron chi connectivity index (χ3n) is 4.01. The molecule has 3 N–H and O–H groups in total. The maximum absolute atomic E-state index is 12.3. The Kier molecular flexibility index (Phi) is 7.81. The van der Waals surface area contributed by atoms with Gasteiger partial charge in [-0.2, -0.15) is 0 Å². The van der Waals surface area contributed by atoms with E-state index < -0.39 is 0 Å². The number of rotatable bonds is 9. The normalized spacial score (nSPS) is 16.7. The summed E-state index contributed by atoms with van der Waals surface area (Å²) in [5.41, 5.74) is 0.777. The van der Waals surface area contributed by atoms with Gasteiger partial charge in [-0.3, -0.25) is 10.2 Å². The zero-order chi connectivity index (χ0) is 19.6. The number of aliphatic hydroxyl groups excluding tert-OH is 1. The van der Waals surface area contributed by atoms with Gasteiger partial charge in [0.2, 0.25) is 5.90 Å². The second kappa shape index (κ2) is 10.3. The van der Waals surface area contributed by atoms with Crippen LogP contribution in [0.3, 0.4) is 0 Å². The zero-order valence-corrected chi connectivity index (χ0v) is 15.3. The van der Waals surface area contributed by atoms with Gasteiger partial charge in [-0.05, 0) is 24.6 Å². The highest BCUT2D eigenvalue weighted by Crippen LogP contribution is 2.17. The number of hydrogen-bond acceptors (Lipinski definition) is 7. The van der Waals surface area contributed by atoms with Crippen LogP contribution in [0.4, 0.5) is 0 Å². The second-order valence-electron chi connectivity index (χ2n) is 5.92. The molecule has 1 aromatic rings. The van der Waals surface area contributed by atoms with Crippen LogP contribution < -0.4 is 4.74 Å². The van der Waals surface area contributed by atoms with Gasteiger partial charge in [0.1, 0.15) is 11.9 Å². The molecular formula is C19H25N3O5. The fraction of sp³-hybridized carbons (Fsp3) is 0.421. The van der Waals surface area contributed by atoms with Crippen molar-refractivity contribution in [2.75, 3.05) is 26.3 Å². The molecule has 0 radical (unpaired) electrons. The standard InChI is InChI=1S/C19H25N3O5/c1-2-25-17(7-9-20)19(21)27-16-8-10-22(11-16)18(24)13-26-15-5-3-14(12-23)4-6-15/h3-7,9,16,20-21,23H,2,8,10-13H2,1H3/b17-7+,20-9?,21-19?. The van der Waals surface area contributed by atoms with Crippen molar-refractivity contribution in [2.24, 2.45) is 0 Å². The molecule has 2 rings (SSSR count). The second-order valence-corrected chi connectivity index (χ2v) is 5.92. The van der Waals surface area contributed by atoms with Gasteiger partial charge in [0.15, 0.2) is 12.4 Å². The molecule has 146 valence electrons. The number of ether oxygens (including phenoxy) is 3. The quantitative estimate of drug-likeness (QED) is 0.345. The minimum atomic E-state index is -0.292. The Morgan fingerprint density at radius 1 is 1.37 bits per heavy atom. The fourth-order valence-electron chi connectivity index (χ4n) is 2.62. The van der Waals surface area contributed by atoms with Crippen molar-refractivity contribution in [1.82, 2.24) is 4.90 Å². The van der Waals surface area contributed by atoms with Gasteiger partial charge in [-0.1, -0.05) is 12.1 Å². The predicted octanol–water partition coefficient (Wildman–Crippen LogP) is 1.72. The van der Waals surface area contributed by atoms with Crippen LogP contribution >= 0.6 is 0 Å². The SMILES string of the molecule is CCO/C(=C/C=N)C(=N)OC1CCN(C(=O)COc2ccc(CO)cc2)C1. The van der Waals surface area contributed by atoms with Crippen LogP contribution in [0.1, 0.15) is 18.9 Å². The van der Waals surface area contributed by atoms with Crippen molar-refractivity contribution in [3.63, 3.8) is 0 Å². The lowest BCUT2D eigenvalue weighted by Crippen LogP contribution is -2.34. The van der Waals surface area contributed by atoms with E-state index in [4.69, 9.17) is 30.1 Å². The van der Waals surface area contributed by atoms with Gasteiger partial charge in [0.25, 0.3) is 5.91 Å². The largest absolute Gasteiger partial charge is 0.488 e. The maximum Gasteiger partial charge on any atom is 0.260 e. The molecule has 27 heavy (non-hydrogen) atoms. The van der Waals surface area contributed by atoms with Crippen LogP contribution in [0.25, 0.3) is 0 Å². The van der Waals surface area contributed by atoms with Gasteiger partial charge in [0, 0.05) is 25.3 Å². The number of allylic oxidation sites excluding steroid dienone is 1. The molecule has 0 bridgehead atoms. The van der Waals surface area contributed by atoms with E-state index in [1.807, 2.05) is 0 Å². The van der Waals surface area contributed by atoms with Crippen molar-refractivity contribution in [2.45, 2.75) is 26.1 Å². The monoisotopic (exact) mass is 375 g/mol. The van der Waals surface area contributed by atoms with Gasteiger partial charge in [0.05, 0.1) is 19.8 Å². The van der Waals surface area contributed by atoms with Crippen LogP contribution in [0.2, 0.25) is 0 Å². The van der Waals surface area contributed by atoms with Crippen LogP contribution in [0, 0.1) is 10.8 Å². The molecule has 0 aromatic heterocycles. The van der Waals surface area contributed by atoms with E-state index in [1.165, 1.54) is 6.08 Å². The molecule has 1 aliphatic rings. The summed E-state index contributed by atoms with van der Waals surface area (Å²) >= 11 is 0. The maximum atomic E-state index is 12.3. The number of hydrogen-bond donors (Lipinski definition) is 3. The van der Waals surface area contributed by atoms with Gasteiger partial charge >= 0.3 is 0 Å². The zero-order valence-electron chi connectivity index (χ0n) is 15.3. The number of carbonyl (C=O) groups excluding carboxylic acids is 1. The highest BCUT2D eigenvalue weighted by Gasteiger charge is 2.29. The van der Waals surface area contributed by atoms with Crippen molar-refractivity contribution in [1.29, 1.82) is 10.8 Å². The highest BCUT2D eigenvalue weighted by atomic mass is 16.5. The number of benzene rings is 1.